The van der Waals surface area contributed by atoms with Crippen LogP contribution in [-0.2, 0) is 12.0 Å². The first kappa shape index (κ1) is 14.4. The number of aromatic nitrogens is 2. The van der Waals surface area contributed by atoms with Crippen LogP contribution < -0.4 is 10.3 Å². The van der Waals surface area contributed by atoms with Crippen LogP contribution in [0.2, 0.25) is 0 Å². The molecule has 4 heteroatoms. The van der Waals surface area contributed by atoms with Gasteiger partial charge in [0.15, 0.2) is 0 Å². The second-order valence-electron chi connectivity index (χ2n) is 5.92. The number of aryl methyl sites for hydroxylation is 1. The van der Waals surface area contributed by atoms with Crippen molar-refractivity contribution in [1.29, 1.82) is 0 Å². The van der Waals surface area contributed by atoms with Gasteiger partial charge >= 0.3 is 0 Å². The fourth-order valence-corrected chi connectivity index (χ4v) is 1.91. The Morgan fingerprint density at radius 3 is 2.50 bits per heavy atom. The van der Waals surface area contributed by atoms with Crippen LogP contribution in [0.1, 0.15) is 32.9 Å². The van der Waals surface area contributed by atoms with E-state index in [4.69, 9.17) is 4.74 Å². The number of nitrogens with zero attached hydrogens (tertiary/aromatic N) is 1. The maximum atomic E-state index is 11.8. The Labute approximate surface area is 119 Å². The Hall–Kier alpha value is -1.97. The van der Waals surface area contributed by atoms with Gasteiger partial charge in [0.25, 0.3) is 5.56 Å². The van der Waals surface area contributed by atoms with Crippen LogP contribution in [-0.4, -0.2) is 16.4 Å². The third kappa shape index (κ3) is 3.76. The van der Waals surface area contributed by atoms with Gasteiger partial charge in [-0.3, -0.25) is 14.6 Å². The molecule has 0 atom stereocenters. The molecule has 1 aromatic carbocycles. The van der Waals surface area contributed by atoms with Crippen LogP contribution in [0.4, 0.5) is 0 Å². The molecular weight excluding hydrogens is 252 g/mol. The van der Waals surface area contributed by atoms with Crippen LogP contribution in [0.15, 0.2) is 41.2 Å². The molecule has 0 saturated carbocycles. The van der Waals surface area contributed by atoms with E-state index in [9.17, 15) is 4.79 Å². The Bertz CT molecular complexity index is 591. The summed E-state index contributed by atoms with van der Waals surface area (Å²) in [6.45, 7) is 7.49. The van der Waals surface area contributed by atoms with E-state index in [2.05, 4.69) is 25.9 Å². The maximum Gasteiger partial charge on any atom is 0.266 e. The lowest BCUT2D eigenvalue weighted by Crippen LogP contribution is -2.18. The van der Waals surface area contributed by atoms with Crippen LogP contribution in [0.3, 0.4) is 0 Å². The number of H-pyrrole nitrogens is 1. The van der Waals surface area contributed by atoms with Crippen molar-refractivity contribution in [2.45, 2.75) is 39.2 Å². The highest BCUT2D eigenvalue weighted by Crippen LogP contribution is 2.18. The van der Waals surface area contributed by atoms with Gasteiger partial charge < -0.3 is 4.74 Å². The minimum Gasteiger partial charge on any atom is -0.494 e. The largest absolute Gasteiger partial charge is 0.494 e. The molecule has 0 bridgehead atoms. The zero-order chi connectivity index (χ0) is 14.6. The smallest absolute Gasteiger partial charge is 0.266 e. The number of hydrogen-bond donors (Lipinski definition) is 1. The van der Waals surface area contributed by atoms with E-state index in [0.29, 0.717) is 13.2 Å². The van der Waals surface area contributed by atoms with E-state index in [0.717, 1.165) is 17.9 Å². The second kappa shape index (κ2) is 5.99. The lowest BCUT2D eigenvalue weighted by Gasteiger charge is -2.15. The van der Waals surface area contributed by atoms with Crippen molar-refractivity contribution >= 4 is 0 Å². The van der Waals surface area contributed by atoms with Gasteiger partial charge in [0.2, 0.25) is 0 Å². The van der Waals surface area contributed by atoms with E-state index in [1.54, 1.807) is 10.7 Å². The fourth-order valence-electron chi connectivity index (χ4n) is 1.91. The predicted octanol–water partition coefficient (Wildman–Crippen LogP) is 2.94. The molecule has 1 N–H and O–H groups in total. The molecule has 0 aliphatic rings. The topological polar surface area (TPSA) is 47.0 Å². The van der Waals surface area contributed by atoms with Gasteiger partial charge in [-0.1, -0.05) is 39.0 Å². The SMILES string of the molecule is CC(C)(C)c1cc(=O)n(CCCOc2ccccc2)[nH]1. The van der Waals surface area contributed by atoms with Crippen LogP contribution in [0, 0.1) is 0 Å². The summed E-state index contributed by atoms with van der Waals surface area (Å²) in [6, 6.07) is 11.4. The Morgan fingerprint density at radius 1 is 1.20 bits per heavy atom. The van der Waals surface area contributed by atoms with Gasteiger partial charge in [-0.15, -0.1) is 0 Å². The standard InChI is InChI=1S/C16H22N2O2/c1-16(2,3)14-12-15(19)18(17-14)10-7-11-20-13-8-5-4-6-9-13/h4-6,8-9,12,17H,7,10-11H2,1-3H3. The Morgan fingerprint density at radius 2 is 1.90 bits per heavy atom. The number of para-hydroxylation sites is 1. The summed E-state index contributed by atoms with van der Waals surface area (Å²) < 4.78 is 7.26. The van der Waals surface area contributed by atoms with Crippen molar-refractivity contribution in [3.63, 3.8) is 0 Å². The number of hydrogen-bond acceptors (Lipinski definition) is 2. The molecule has 4 nitrogen and oxygen atoms in total. The summed E-state index contributed by atoms with van der Waals surface area (Å²) in [7, 11) is 0. The highest BCUT2D eigenvalue weighted by atomic mass is 16.5. The zero-order valence-electron chi connectivity index (χ0n) is 12.3. The number of aromatic amines is 1. The Kier molecular flexibility index (Phi) is 4.32. The van der Waals surface area contributed by atoms with Crippen molar-refractivity contribution in [2.75, 3.05) is 6.61 Å². The molecule has 0 aliphatic heterocycles. The normalized spacial score (nSPS) is 11.6. The number of nitrogens with one attached hydrogen (secondary N) is 1. The first-order valence-electron chi connectivity index (χ1n) is 6.95. The predicted molar refractivity (Wildman–Crippen MR) is 80.3 cm³/mol. The van der Waals surface area contributed by atoms with Crippen molar-refractivity contribution < 1.29 is 4.74 Å². The summed E-state index contributed by atoms with van der Waals surface area (Å²) >= 11 is 0. The quantitative estimate of drug-likeness (QED) is 0.852. The molecule has 0 fully saturated rings. The van der Waals surface area contributed by atoms with E-state index in [-0.39, 0.29) is 11.0 Å². The number of rotatable bonds is 5. The molecule has 20 heavy (non-hydrogen) atoms. The monoisotopic (exact) mass is 274 g/mol. The van der Waals surface area contributed by atoms with Gasteiger partial charge in [0.1, 0.15) is 5.75 Å². The summed E-state index contributed by atoms with van der Waals surface area (Å²) in [5, 5.41) is 3.17. The van der Waals surface area contributed by atoms with Crippen LogP contribution in [0.5, 0.6) is 5.75 Å². The van der Waals surface area contributed by atoms with E-state index in [1.165, 1.54) is 0 Å². The van der Waals surface area contributed by atoms with Crippen LogP contribution in [0.25, 0.3) is 0 Å². The van der Waals surface area contributed by atoms with E-state index in [1.807, 2.05) is 30.3 Å². The summed E-state index contributed by atoms with van der Waals surface area (Å²) in [4.78, 5) is 11.8. The molecule has 0 amide bonds. The third-order valence-corrected chi connectivity index (χ3v) is 3.14. The lowest BCUT2D eigenvalue weighted by atomic mass is 9.93. The van der Waals surface area contributed by atoms with Gasteiger partial charge in [-0.25, -0.2) is 0 Å². The molecular formula is C16H22N2O2. The minimum absolute atomic E-state index is 0.0228. The molecule has 1 heterocycles. The van der Waals surface area contributed by atoms with Crippen molar-refractivity contribution in [2.24, 2.45) is 0 Å². The molecule has 108 valence electrons. The average molecular weight is 274 g/mol. The number of ether oxygens (including phenoxy) is 1. The summed E-state index contributed by atoms with van der Waals surface area (Å²) in [6.07, 6.45) is 0.791. The number of benzene rings is 1. The van der Waals surface area contributed by atoms with Crippen LogP contribution >= 0.6 is 0 Å². The third-order valence-electron chi connectivity index (χ3n) is 3.14. The average Bonchev–Trinajstić information content (AvgIpc) is 2.77. The molecule has 0 aliphatic carbocycles. The van der Waals surface area contributed by atoms with E-state index < -0.39 is 0 Å². The summed E-state index contributed by atoms with van der Waals surface area (Å²) in [5.41, 5.74) is 0.950. The van der Waals surface area contributed by atoms with Crippen molar-refractivity contribution in [3.8, 4) is 5.75 Å². The lowest BCUT2D eigenvalue weighted by molar-refractivity contribution is 0.297. The molecule has 0 saturated heterocycles. The zero-order valence-corrected chi connectivity index (χ0v) is 12.3. The first-order chi connectivity index (χ1) is 9.47. The second-order valence-corrected chi connectivity index (χ2v) is 5.92. The molecule has 0 spiro atoms. The maximum absolute atomic E-state index is 11.8. The molecule has 1 aromatic heterocycles. The Balaban J connectivity index is 1.86. The first-order valence-corrected chi connectivity index (χ1v) is 6.95. The highest BCUT2D eigenvalue weighted by Gasteiger charge is 2.17. The van der Waals surface area contributed by atoms with Gasteiger partial charge in [0.05, 0.1) is 6.61 Å². The van der Waals surface area contributed by atoms with Gasteiger partial charge in [-0.05, 0) is 12.1 Å². The molecule has 0 unspecified atom stereocenters. The fraction of sp³-hybridized carbons (Fsp3) is 0.438. The van der Waals surface area contributed by atoms with Crippen molar-refractivity contribution in [3.05, 3.63) is 52.4 Å². The summed E-state index contributed by atoms with van der Waals surface area (Å²) in [5.74, 6) is 0.863. The highest BCUT2D eigenvalue weighted by molar-refractivity contribution is 5.20. The van der Waals surface area contributed by atoms with Gasteiger partial charge in [0, 0.05) is 30.1 Å². The molecule has 2 rings (SSSR count). The van der Waals surface area contributed by atoms with Gasteiger partial charge in [-0.2, -0.15) is 0 Å². The molecule has 2 aromatic rings. The van der Waals surface area contributed by atoms with Crippen molar-refractivity contribution in [1.82, 2.24) is 9.78 Å². The molecule has 0 radical (unpaired) electrons. The van der Waals surface area contributed by atoms with E-state index >= 15 is 0 Å². The minimum atomic E-state index is -0.0368.